The fourth-order valence-electron chi connectivity index (χ4n) is 3.61. The van der Waals surface area contributed by atoms with Crippen LogP contribution in [-0.4, -0.2) is 82.3 Å². The maximum atomic E-state index is 13.2. The van der Waals surface area contributed by atoms with Crippen LogP contribution in [0, 0.1) is 5.92 Å². The van der Waals surface area contributed by atoms with E-state index in [2.05, 4.69) is 10.6 Å². The van der Waals surface area contributed by atoms with Crippen molar-refractivity contribution in [3.63, 3.8) is 0 Å². The second-order valence-electron chi connectivity index (χ2n) is 8.35. The molecule has 0 radical (unpaired) electrons. The van der Waals surface area contributed by atoms with Crippen molar-refractivity contribution in [3.05, 3.63) is 0 Å². The number of nitrogens with zero attached hydrogens (tertiary/aromatic N) is 1. The monoisotopic (exact) mass is 487 g/mol. The molecular formula is C21H37N5O6S. The molecule has 0 saturated carbocycles. The summed E-state index contributed by atoms with van der Waals surface area (Å²) in [4.78, 5) is 62.6. The van der Waals surface area contributed by atoms with E-state index in [1.165, 1.54) is 16.7 Å². The van der Waals surface area contributed by atoms with E-state index in [1.54, 1.807) is 0 Å². The number of hydrogen-bond acceptors (Lipinski definition) is 7. The SMILES string of the molecule is CCC(C)C(NC(=O)C(CCSC)NC(=O)C(N)CCC(N)=O)C(=O)N1CCCC1C(=O)O. The number of amides is 4. The summed E-state index contributed by atoms with van der Waals surface area (Å²) in [5, 5.41) is 14.8. The number of carboxylic acid groups (broad SMARTS) is 1. The molecule has 188 valence electrons. The topological polar surface area (TPSA) is 185 Å². The molecule has 0 bridgehead atoms. The minimum absolute atomic E-state index is 0.0531. The van der Waals surface area contributed by atoms with E-state index in [4.69, 9.17) is 11.5 Å². The van der Waals surface area contributed by atoms with E-state index in [-0.39, 0.29) is 18.8 Å². The smallest absolute Gasteiger partial charge is 0.326 e. The molecule has 11 nitrogen and oxygen atoms in total. The minimum atomic E-state index is -1.06. The van der Waals surface area contributed by atoms with Gasteiger partial charge in [0.05, 0.1) is 6.04 Å². The number of carbonyl (C=O) groups is 5. The average Bonchev–Trinajstić information content (AvgIpc) is 3.27. The van der Waals surface area contributed by atoms with Crippen molar-refractivity contribution < 1.29 is 29.1 Å². The van der Waals surface area contributed by atoms with Crippen LogP contribution in [-0.2, 0) is 24.0 Å². The molecular weight excluding hydrogens is 450 g/mol. The Balaban J connectivity index is 2.96. The Morgan fingerprint density at radius 2 is 1.82 bits per heavy atom. The van der Waals surface area contributed by atoms with E-state index >= 15 is 0 Å². The molecule has 5 atom stereocenters. The van der Waals surface area contributed by atoms with Crippen LogP contribution in [0.2, 0.25) is 0 Å². The van der Waals surface area contributed by atoms with Gasteiger partial charge in [0, 0.05) is 13.0 Å². The van der Waals surface area contributed by atoms with E-state index in [0.29, 0.717) is 38.0 Å². The molecule has 0 aromatic rings. The summed E-state index contributed by atoms with van der Waals surface area (Å²) in [5.41, 5.74) is 10.9. The minimum Gasteiger partial charge on any atom is -0.480 e. The first kappa shape index (κ1) is 28.7. The number of carboxylic acids is 1. The molecule has 1 saturated heterocycles. The molecule has 0 aromatic heterocycles. The molecule has 5 unspecified atom stereocenters. The predicted octanol–water partition coefficient (Wildman–Crippen LogP) is -0.576. The largest absolute Gasteiger partial charge is 0.480 e. The number of thioether (sulfide) groups is 1. The van der Waals surface area contributed by atoms with Crippen molar-refractivity contribution in [2.45, 2.75) is 76.5 Å². The van der Waals surface area contributed by atoms with Gasteiger partial charge >= 0.3 is 5.97 Å². The number of hydrogen-bond donors (Lipinski definition) is 5. The van der Waals surface area contributed by atoms with Crippen molar-refractivity contribution in [1.82, 2.24) is 15.5 Å². The Morgan fingerprint density at radius 1 is 1.15 bits per heavy atom. The van der Waals surface area contributed by atoms with Gasteiger partial charge < -0.3 is 32.1 Å². The lowest BCUT2D eigenvalue weighted by Crippen LogP contribution is -2.58. The van der Waals surface area contributed by atoms with Crippen molar-refractivity contribution in [3.8, 4) is 0 Å². The molecule has 7 N–H and O–H groups in total. The summed E-state index contributed by atoms with van der Waals surface area (Å²) >= 11 is 1.49. The summed E-state index contributed by atoms with van der Waals surface area (Å²) in [6.07, 6.45) is 3.71. The molecule has 1 fully saturated rings. The molecule has 4 amide bonds. The fourth-order valence-corrected chi connectivity index (χ4v) is 4.09. The lowest BCUT2D eigenvalue weighted by atomic mass is 9.96. The third-order valence-electron chi connectivity index (χ3n) is 5.88. The molecule has 1 heterocycles. The maximum absolute atomic E-state index is 13.2. The zero-order chi connectivity index (χ0) is 25.1. The van der Waals surface area contributed by atoms with Crippen LogP contribution in [0.3, 0.4) is 0 Å². The first-order valence-corrected chi connectivity index (χ1v) is 12.6. The molecule has 0 aliphatic carbocycles. The number of carbonyl (C=O) groups excluding carboxylic acids is 4. The van der Waals surface area contributed by atoms with Crippen LogP contribution in [0.4, 0.5) is 0 Å². The van der Waals surface area contributed by atoms with Crippen molar-refractivity contribution in [2.75, 3.05) is 18.6 Å². The highest BCUT2D eigenvalue weighted by molar-refractivity contribution is 7.98. The number of primary amides is 1. The summed E-state index contributed by atoms with van der Waals surface area (Å²) in [6.45, 7) is 4.00. The van der Waals surface area contributed by atoms with E-state index < -0.39 is 53.8 Å². The van der Waals surface area contributed by atoms with Crippen LogP contribution >= 0.6 is 11.8 Å². The first-order chi connectivity index (χ1) is 15.5. The highest BCUT2D eigenvalue weighted by Crippen LogP contribution is 2.21. The lowest BCUT2D eigenvalue weighted by molar-refractivity contribution is -0.150. The molecule has 1 aliphatic rings. The normalized spacial score (nSPS) is 19.3. The van der Waals surface area contributed by atoms with Gasteiger partial charge in [0.15, 0.2) is 0 Å². The van der Waals surface area contributed by atoms with Gasteiger partial charge in [-0.15, -0.1) is 0 Å². The highest BCUT2D eigenvalue weighted by Gasteiger charge is 2.39. The highest BCUT2D eigenvalue weighted by atomic mass is 32.2. The Labute approximate surface area is 198 Å². The van der Waals surface area contributed by atoms with Gasteiger partial charge in [0.25, 0.3) is 0 Å². The van der Waals surface area contributed by atoms with Gasteiger partial charge in [0.2, 0.25) is 23.6 Å². The Kier molecular flexibility index (Phi) is 12.2. The fraction of sp³-hybridized carbons (Fsp3) is 0.762. The zero-order valence-electron chi connectivity index (χ0n) is 19.5. The van der Waals surface area contributed by atoms with Crippen LogP contribution in [0.25, 0.3) is 0 Å². The maximum Gasteiger partial charge on any atom is 0.326 e. The standard InChI is InChI=1S/C21H37N5O6S/c1-4-12(2)17(20(30)26-10-5-6-15(26)21(31)32)25-19(29)14(9-11-33-3)24-18(28)13(22)7-8-16(23)27/h12-15,17H,4-11,22H2,1-3H3,(H2,23,27)(H,24,28)(H,25,29)(H,31,32). The number of nitrogens with two attached hydrogens (primary N) is 2. The molecule has 0 spiro atoms. The molecule has 1 aliphatic heterocycles. The lowest BCUT2D eigenvalue weighted by Gasteiger charge is -2.31. The van der Waals surface area contributed by atoms with Gasteiger partial charge in [-0.05, 0) is 43.6 Å². The van der Waals surface area contributed by atoms with Crippen LogP contribution in [0.15, 0.2) is 0 Å². The third kappa shape index (κ3) is 8.84. The number of nitrogens with one attached hydrogen (secondary N) is 2. The van der Waals surface area contributed by atoms with Crippen LogP contribution in [0.5, 0.6) is 0 Å². The summed E-state index contributed by atoms with van der Waals surface area (Å²) in [6, 6.07) is -3.76. The van der Waals surface area contributed by atoms with Gasteiger partial charge in [-0.25, -0.2) is 4.79 Å². The van der Waals surface area contributed by atoms with Gasteiger partial charge in [-0.2, -0.15) is 11.8 Å². The molecule has 33 heavy (non-hydrogen) atoms. The number of aliphatic carboxylic acids is 1. The zero-order valence-corrected chi connectivity index (χ0v) is 20.4. The van der Waals surface area contributed by atoms with Gasteiger partial charge in [0.1, 0.15) is 18.1 Å². The first-order valence-electron chi connectivity index (χ1n) is 11.2. The van der Waals surface area contributed by atoms with E-state index in [0.717, 1.165) is 0 Å². The predicted molar refractivity (Wildman–Crippen MR) is 125 cm³/mol. The van der Waals surface area contributed by atoms with Gasteiger partial charge in [-0.1, -0.05) is 20.3 Å². The summed E-state index contributed by atoms with van der Waals surface area (Å²) < 4.78 is 0. The van der Waals surface area contributed by atoms with E-state index in [9.17, 15) is 29.1 Å². The quantitative estimate of drug-likeness (QED) is 0.215. The number of likely N-dealkylation sites (tertiary alicyclic amines) is 1. The summed E-state index contributed by atoms with van der Waals surface area (Å²) in [5.74, 6) is -2.87. The van der Waals surface area contributed by atoms with Crippen molar-refractivity contribution in [2.24, 2.45) is 17.4 Å². The van der Waals surface area contributed by atoms with Crippen molar-refractivity contribution in [1.29, 1.82) is 0 Å². The second kappa shape index (κ2) is 14.0. The Morgan fingerprint density at radius 3 is 2.36 bits per heavy atom. The van der Waals surface area contributed by atoms with Crippen LogP contribution in [0.1, 0.15) is 52.4 Å². The number of rotatable bonds is 14. The molecule has 12 heteroatoms. The van der Waals surface area contributed by atoms with Gasteiger partial charge in [-0.3, -0.25) is 19.2 Å². The summed E-state index contributed by atoms with van der Waals surface area (Å²) in [7, 11) is 0. The molecule has 1 rings (SSSR count). The second-order valence-corrected chi connectivity index (χ2v) is 9.34. The van der Waals surface area contributed by atoms with Crippen molar-refractivity contribution >= 4 is 41.4 Å². The van der Waals surface area contributed by atoms with Crippen LogP contribution < -0.4 is 22.1 Å². The third-order valence-corrected chi connectivity index (χ3v) is 6.52. The van der Waals surface area contributed by atoms with E-state index in [1.807, 2.05) is 20.1 Å². The Bertz CT molecular complexity index is 721. The Hall–Kier alpha value is -2.34. The molecule has 0 aromatic carbocycles. The average molecular weight is 488 g/mol.